The molecule has 0 bridgehead atoms. The number of nitriles is 1. The van der Waals surface area contributed by atoms with E-state index in [0.29, 0.717) is 11.3 Å². The molecule has 0 spiro atoms. The third kappa shape index (κ3) is 2.95. The Labute approximate surface area is 164 Å². The van der Waals surface area contributed by atoms with Crippen LogP contribution in [0.3, 0.4) is 0 Å². The van der Waals surface area contributed by atoms with E-state index in [9.17, 15) is 25.3 Å². The molecule has 1 aromatic heterocycles. The number of allylic oxidation sites excluding steroid dienone is 1. The van der Waals surface area contributed by atoms with E-state index < -0.39 is 27.9 Å². The SMILES string of the molecule is N#Cc1c2c(nn(-c3ccccc3)c1=O)C(O)=C([N+](=O)[O-])C(c1ccccc1)C2. The number of hydrogen-bond acceptors (Lipinski definition) is 6. The van der Waals surface area contributed by atoms with Crippen LogP contribution in [0.5, 0.6) is 0 Å². The Morgan fingerprint density at radius 1 is 1.14 bits per heavy atom. The van der Waals surface area contributed by atoms with E-state index in [2.05, 4.69) is 5.10 Å². The first-order valence-electron chi connectivity index (χ1n) is 8.77. The number of nitrogens with zero attached hydrogens (tertiary/aromatic N) is 4. The molecule has 4 rings (SSSR count). The highest BCUT2D eigenvalue weighted by atomic mass is 16.6. The molecule has 2 aromatic carbocycles. The van der Waals surface area contributed by atoms with Crippen LogP contribution in [-0.4, -0.2) is 19.8 Å². The van der Waals surface area contributed by atoms with E-state index in [4.69, 9.17) is 0 Å². The third-order valence-corrected chi connectivity index (χ3v) is 4.91. The highest BCUT2D eigenvalue weighted by Crippen LogP contribution is 2.39. The number of fused-ring (bicyclic) bond motifs is 1. The number of hydrogen-bond donors (Lipinski definition) is 1. The van der Waals surface area contributed by atoms with Crippen molar-refractivity contribution in [2.45, 2.75) is 12.3 Å². The second kappa shape index (κ2) is 7.05. The molecule has 0 saturated heterocycles. The van der Waals surface area contributed by atoms with Crippen LogP contribution >= 0.6 is 0 Å². The van der Waals surface area contributed by atoms with Gasteiger partial charge in [-0.15, -0.1) is 0 Å². The highest BCUT2D eigenvalue weighted by Gasteiger charge is 2.40. The summed E-state index contributed by atoms with van der Waals surface area (Å²) >= 11 is 0. The van der Waals surface area contributed by atoms with Crippen LogP contribution in [-0.2, 0) is 6.42 Å². The molecule has 1 unspecified atom stereocenters. The fraction of sp³-hybridized carbons (Fsp3) is 0.0952. The lowest BCUT2D eigenvalue weighted by atomic mass is 9.82. The summed E-state index contributed by atoms with van der Waals surface area (Å²) in [4.78, 5) is 24.0. The number of aliphatic hydroxyl groups is 1. The van der Waals surface area contributed by atoms with Crippen LogP contribution in [0.4, 0.5) is 0 Å². The molecule has 1 N–H and O–H groups in total. The Balaban J connectivity index is 2.01. The number of benzene rings is 2. The summed E-state index contributed by atoms with van der Waals surface area (Å²) in [5.74, 6) is -1.44. The smallest absolute Gasteiger partial charge is 0.297 e. The Kier molecular flexibility index (Phi) is 4.41. The maximum atomic E-state index is 12.9. The van der Waals surface area contributed by atoms with E-state index in [1.165, 1.54) is 0 Å². The monoisotopic (exact) mass is 386 g/mol. The number of rotatable bonds is 3. The summed E-state index contributed by atoms with van der Waals surface area (Å²) in [5, 5.41) is 36.3. The van der Waals surface area contributed by atoms with Gasteiger partial charge in [-0.05, 0) is 24.1 Å². The van der Waals surface area contributed by atoms with Gasteiger partial charge in [0.25, 0.3) is 11.3 Å². The summed E-state index contributed by atoms with van der Waals surface area (Å²) in [6.07, 6.45) is 0.0144. The zero-order valence-electron chi connectivity index (χ0n) is 15.0. The molecule has 0 amide bonds. The van der Waals surface area contributed by atoms with Crippen molar-refractivity contribution in [2.24, 2.45) is 0 Å². The van der Waals surface area contributed by atoms with Crippen LogP contribution in [0.15, 0.2) is 71.2 Å². The summed E-state index contributed by atoms with van der Waals surface area (Å²) in [6, 6.07) is 18.9. The van der Waals surface area contributed by atoms with Gasteiger partial charge >= 0.3 is 0 Å². The second-order valence-corrected chi connectivity index (χ2v) is 6.52. The zero-order valence-corrected chi connectivity index (χ0v) is 15.0. The normalized spacial score (nSPS) is 15.5. The average molecular weight is 386 g/mol. The number of aromatic nitrogens is 2. The topological polar surface area (TPSA) is 122 Å². The van der Waals surface area contributed by atoms with Gasteiger partial charge in [0.05, 0.1) is 16.5 Å². The van der Waals surface area contributed by atoms with Gasteiger partial charge < -0.3 is 5.11 Å². The van der Waals surface area contributed by atoms with Crippen molar-refractivity contribution in [3.63, 3.8) is 0 Å². The molecule has 0 radical (unpaired) electrons. The number of nitro groups is 1. The highest BCUT2D eigenvalue weighted by molar-refractivity contribution is 5.67. The van der Waals surface area contributed by atoms with Crippen LogP contribution in [0, 0.1) is 21.4 Å². The Hall–Kier alpha value is -4.25. The van der Waals surface area contributed by atoms with E-state index in [1.807, 2.05) is 6.07 Å². The van der Waals surface area contributed by atoms with Crippen molar-refractivity contribution in [3.8, 4) is 11.8 Å². The minimum absolute atomic E-state index is 0.0144. The largest absolute Gasteiger partial charge is 0.501 e. The predicted molar refractivity (Wildman–Crippen MR) is 104 cm³/mol. The lowest BCUT2D eigenvalue weighted by molar-refractivity contribution is -0.430. The van der Waals surface area contributed by atoms with Gasteiger partial charge in [0.15, 0.2) is 0 Å². The van der Waals surface area contributed by atoms with E-state index in [1.54, 1.807) is 60.7 Å². The van der Waals surface area contributed by atoms with E-state index in [0.717, 1.165) is 4.68 Å². The summed E-state index contributed by atoms with van der Waals surface area (Å²) in [7, 11) is 0. The molecule has 3 aromatic rings. The molecule has 0 fully saturated rings. The predicted octanol–water partition coefficient (Wildman–Crippen LogP) is 2.95. The van der Waals surface area contributed by atoms with Crippen molar-refractivity contribution in [1.82, 2.24) is 9.78 Å². The van der Waals surface area contributed by atoms with Crippen molar-refractivity contribution in [3.05, 3.63) is 109 Å². The first-order chi connectivity index (χ1) is 14.0. The van der Waals surface area contributed by atoms with Crippen LogP contribution in [0.1, 0.15) is 28.3 Å². The van der Waals surface area contributed by atoms with Gasteiger partial charge in [0, 0.05) is 5.56 Å². The van der Waals surface area contributed by atoms with Crippen LogP contribution < -0.4 is 5.56 Å². The molecule has 142 valence electrons. The van der Waals surface area contributed by atoms with Crippen molar-refractivity contribution < 1.29 is 10.0 Å². The van der Waals surface area contributed by atoms with Gasteiger partial charge in [-0.3, -0.25) is 14.9 Å². The summed E-state index contributed by atoms with van der Waals surface area (Å²) in [6.45, 7) is 0. The lowest BCUT2D eigenvalue weighted by Crippen LogP contribution is -2.31. The van der Waals surface area contributed by atoms with Crippen molar-refractivity contribution in [1.29, 1.82) is 5.26 Å². The first kappa shape index (κ1) is 18.1. The maximum Gasteiger partial charge on any atom is 0.297 e. The molecule has 0 saturated carbocycles. The Morgan fingerprint density at radius 3 is 2.34 bits per heavy atom. The number of aliphatic hydroxyl groups excluding tert-OH is 1. The molecule has 1 aliphatic carbocycles. The lowest BCUT2D eigenvalue weighted by Gasteiger charge is -2.23. The van der Waals surface area contributed by atoms with Gasteiger partial charge in [0.1, 0.15) is 17.3 Å². The maximum absolute atomic E-state index is 12.9. The fourth-order valence-electron chi connectivity index (χ4n) is 3.57. The van der Waals surface area contributed by atoms with Gasteiger partial charge in [-0.1, -0.05) is 48.5 Å². The van der Waals surface area contributed by atoms with Gasteiger partial charge in [-0.2, -0.15) is 15.0 Å². The summed E-state index contributed by atoms with van der Waals surface area (Å²) < 4.78 is 0.980. The molecule has 29 heavy (non-hydrogen) atoms. The van der Waals surface area contributed by atoms with E-state index >= 15 is 0 Å². The molecular weight excluding hydrogens is 372 g/mol. The van der Waals surface area contributed by atoms with Crippen LogP contribution in [0.25, 0.3) is 11.4 Å². The second-order valence-electron chi connectivity index (χ2n) is 6.52. The minimum Gasteiger partial charge on any atom is -0.501 e. The van der Waals surface area contributed by atoms with Gasteiger partial charge in [0.2, 0.25) is 5.76 Å². The first-order valence-corrected chi connectivity index (χ1v) is 8.77. The minimum atomic E-state index is -0.806. The average Bonchev–Trinajstić information content (AvgIpc) is 2.74. The Bertz CT molecular complexity index is 1240. The van der Waals surface area contributed by atoms with Crippen LogP contribution in [0.2, 0.25) is 0 Å². The molecule has 8 heteroatoms. The summed E-state index contributed by atoms with van der Waals surface area (Å²) in [5.41, 5.74) is -0.149. The standard InChI is InChI=1S/C21H14N4O4/c22-12-17-16-11-15(13-7-3-1-4-8-13)19(25(28)29)20(26)18(16)23-24(21(17)27)14-9-5-2-6-10-14/h1-10,15,26H,11H2. The van der Waals surface area contributed by atoms with Crippen molar-refractivity contribution in [2.75, 3.05) is 0 Å². The van der Waals surface area contributed by atoms with E-state index in [-0.39, 0.29) is 23.2 Å². The quantitative estimate of drug-likeness (QED) is 0.545. The fourth-order valence-corrected chi connectivity index (χ4v) is 3.57. The molecule has 1 atom stereocenters. The zero-order chi connectivity index (χ0) is 20.5. The molecule has 1 heterocycles. The Morgan fingerprint density at radius 2 is 1.76 bits per heavy atom. The molecule has 8 nitrogen and oxygen atoms in total. The molecular formula is C21H14N4O4. The van der Waals surface area contributed by atoms with Gasteiger partial charge in [-0.25, -0.2) is 0 Å². The molecule has 0 aliphatic heterocycles. The number of para-hydroxylation sites is 1. The molecule has 1 aliphatic rings. The van der Waals surface area contributed by atoms with Crippen molar-refractivity contribution >= 4 is 5.76 Å². The third-order valence-electron chi connectivity index (χ3n) is 4.91.